The molecule has 1 aromatic rings. The number of anilines is 1. The minimum absolute atomic E-state index is 0.0712. The predicted octanol–water partition coefficient (Wildman–Crippen LogP) is -0.203. The third kappa shape index (κ3) is 1.42. The average Bonchev–Trinajstić information content (AvgIpc) is 2.40. The van der Waals surface area contributed by atoms with Crippen LogP contribution in [0.15, 0.2) is 0 Å². The van der Waals surface area contributed by atoms with Crippen molar-refractivity contribution in [1.29, 1.82) is 0 Å². The van der Waals surface area contributed by atoms with Crippen LogP contribution in [0.25, 0.3) is 0 Å². The van der Waals surface area contributed by atoms with Crippen LogP contribution in [0.3, 0.4) is 0 Å². The van der Waals surface area contributed by atoms with Gasteiger partial charge in [-0.2, -0.15) is 5.10 Å². The van der Waals surface area contributed by atoms with Crippen molar-refractivity contribution < 1.29 is 14.3 Å². The molecule has 0 spiro atoms. The largest absolute Gasteiger partial charge is 0.480 e. The van der Waals surface area contributed by atoms with Crippen LogP contribution in [0, 0.1) is 0 Å². The van der Waals surface area contributed by atoms with Crippen LogP contribution >= 0.6 is 0 Å². The molecule has 0 fully saturated rings. The van der Waals surface area contributed by atoms with Crippen molar-refractivity contribution in [3.63, 3.8) is 0 Å². The molecule has 0 aliphatic rings. The topological polar surface area (TPSA) is 79.4 Å². The van der Waals surface area contributed by atoms with E-state index in [1.807, 2.05) is 0 Å². The van der Waals surface area contributed by atoms with Crippen molar-refractivity contribution in [2.24, 2.45) is 7.05 Å². The fraction of sp³-hybridized carbons (Fsp3) is 0.429. The number of nitrogen functional groups attached to an aromatic ring is 1. The summed E-state index contributed by atoms with van der Waals surface area (Å²) in [5.74, 6) is -0.225. The SMILES string of the molecule is COC(=O)c1nn(C)c(OC)c1N. The van der Waals surface area contributed by atoms with Gasteiger partial charge in [-0.1, -0.05) is 0 Å². The van der Waals surface area contributed by atoms with Crippen molar-refractivity contribution in [3.05, 3.63) is 5.69 Å². The standard InChI is InChI=1S/C7H11N3O3/c1-10-6(12-2)4(8)5(9-10)7(11)13-3/h8H2,1-3H3. The molecule has 72 valence electrons. The Labute approximate surface area is 75.2 Å². The Morgan fingerprint density at radius 3 is 2.54 bits per heavy atom. The van der Waals surface area contributed by atoms with Gasteiger partial charge < -0.3 is 15.2 Å². The lowest BCUT2D eigenvalue weighted by Crippen LogP contribution is -2.05. The van der Waals surface area contributed by atoms with Crippen molar-refractivity contribution in [2.45, 2.75) is 0 Å². The zero-order valence-electron chi connectivity index (χ0n) is 7.70. The maximum Gasteiger partial charge on any atom is 0.360 e. The summed E-state index contributed by atoms with van der Waals surface area (Å²) in [6.45, 7) is 0. The zero-order chi connectivity index (χ0) is 10.0. The minimum Gasteiger partial charge on any atom is -0.480 e. The van der Waals surface area contributed by atoms with Gasteiger partial charge >= 0.3 is 5.97 Å². The van der Waals surface area contributed by atoms with E-state index in [9.17, 15) is 4.79 Å². The first kappa shape index (κ1) is 9.37. The number of hydrogen-bond acceptors (Lipinski definition) is 5. The van der Waals surface area contributed by atoms with Crippen LogP contribution in [0.2, 0.25) is 0 Å². The number of ether oxygens (including phenoxy) is 2. The molecule has 0 bridgehead atoms. The maximum absolute atomic E-state index is 11.1. The first-order valence-electron chi connectivity index (χ1n) is 3.56. The molecule has 0 amide bonds. The quantitative estimate of drug-likeness (QED) is 0.645. The van der Waals surface area contributed by atoms with Gasteiger partial charge in [0.05, 0.1) is 14.2 Å². The highest BCUT2D eigenvalue weighted by Gasteiger charge is 2.20. The lowest BCUT2D eigenvalue weighted by Gasteiger charge is -1.98. The van der Waals surface area contributed by atoms with E-state index in [1.54, 1.807) is 7.05 Å². The number of nitrogens with zero attached hydrogens (tertiary/aromatic N) is 2. The van der Waals surface area contributed by atoms with Crippen molar-refractivity contribution in [1.82, 2.24) is 9.78 Å². The van der Waals surface area contributed by atoms with Gasteiger partial charge in [0.1, 0.15) is 5.69 Å². The average molecular weight is 185 g/mol. The Kier molecular flexibility index (Phi) is 2.41. The van der Waals surface area contributed by atoms with Crippen molar-refractivity contribution in [2.75, 3.05) is 20.0 Å². The number of carbonyl (C=O) groups excluding carboxylic acids is 1. The van der Waals surface area contributed by atoms with Gasteiger partial charge in [0.15, 0.2) is 5.69 Å². The van der Waals surface area contributed by atoms with E-state index in [-0.39, 0.29) is 11.4 Å². The van der Waals surface area contributed by atoms with Crippen molar-refractivity contribution in [3.8, 4) is 5.88 Å². The van der Waals surface area contributed by atoms with Gasteiger partial charge in [-0.05, 0) is 0 Å². The molecule has 2 N–H and O–H groups in total. The fourth-order valence-electron chi connectivity index (χ4n) is 1.01. The second-order valence-electron chi connectivity index (χ2n) is 2.39. The van der Waals surface area contributed by atoms with E-state index in [0.29, 0.717) is 5.88 Å². The molecule has 0 unspecified atom stereocenters. The summed E-state index contributed by atoms with van der Waals surface area (Å²) in [5, 5.41) is 3.84. The molecule has 1 rings (SSSR count). The normalized spacial score (nSPS) is 9.77. The first-order chi connectivity index (χ1) is 6.11. The lowest BCUT2D eigenvalue weighted by molar-refractivity contribution is 0.0594. The third-order valence-corrected chi connectivity index (χ3v) is 1.60. The van der Waals surface area contributed by atoms with E-state index in [1.165, 1.54) is 18.9 Å². The molecule has 0 saturated carbocycles. The van der Waals surface area contributed by atoms with Gasteiger partial charge in [0.2, 0.25) is 5.88 Å². The lowest BCUT2D eigenvalue weighted by atomic mass is 10.4. The molecule has 13 heavy (non-hydrogen) atoms. The Morgan fingerprint density at radius 1 is 1.54 bits per heavy atom. The summed E-state index contributed by atoms with van der Waals surface area (Å²) in [6, 6.07) is 0. The second-order valence-corrected chi connectivity index (χ2v) is 2.39. The summed E-state index contributed by atoms with van der Waals surface area (Å²) >= 11 is 0. The van der Waals surface area contributed by atoms with Crippen LogP contribution in [-0.4, -0.2) is 30.0 Å². The van der Waals surface area contributed by atoms with Crippen LogP contribution in [-0.2, 0) is 11.8 Å². The molecular formula is C7H11N3O3. The van der Waals surface area contributed by atoms with E-state index in [0.717, 1.165) is 0 Å². The highest BCUT2D eigenvalue weighted by atomic mass is 16.5. The van der Waals surface area contributed by atoms with Crippen molar-refractivity contribution >= 4 is 11.7 Å². The van der Waals surface area contributed by atoms with E-state index >= 15 is 0 Å². The molecule has 0 atom stereocenters. The third-order valence-electron chi connectivity index (χ3n) is 1.60. The zero-order valence-corrected chi connectivity index (χ0v) is 7.70. The molecule has 0 aliphatic heterocycles. The van der Waals surface area contributed by atoms with Gasteiger partial charge in [-0.3, -0.25) is 0 Å². The highest BCUT2D eigenvalue weighted by molar-refractivity contribution is 5.94. The number of carbonyl (C=O) groups is 1. The molecular weight excluding hydrogens is 174 g/mol. The molecule has 0 saturated heterocycles. The number of esters is 1. The monoisotopic (exact) mass is 185 g/mol. The molecule has 1 aromatic heterocycles. The summed E-state index contributed by atoms with van der Waals surface area (Å²) in [6.07, 6.45) is 0. The van der Waals surface area contributed by atoms with Gasteiger partial charge in [0, 0.05) is 7.05 Å². The summed E-state index contributed by atoms with van der Waals surface area (Å²) < 4.78 is 10.8. The molecule has 6 heteroatoms. The molecule has 1 heterocycles. The highest BCUT2D eigenvalue weighted by Crippen LogP contribution is 2.23. The Bertz CT molecular complexity index is 332. The Hall–Kier alpha value is -1.72. The number of aryl methyl sites for hydroxylation is 1. The molecule has 0 aromatic carbocycles. The van der Waals surface area contributed by atoms with E-state index < -0.39 is 5.97 Å². The summed E-state index contributed by atoms with van der Waals surface area (Å²) in [7, 11) is 4.35. The smallest absolute Gasteiger partial charge is 0.360 e. The minimum atomic E-state index is -0.573. The Balaban J connectivity index is 3.18. The van der Waals surface area contributed by atoms with Gasteiger partial charge in [-0.15, -0.1) is 0 Å². The van der Waals surface area contributed by atoms with Crippen LogP contribution < -0.4 is 10.5 Å². The first-order valence-corrected chi connectivity index (χ1v) is 3.56. The number of hydrogen-bond donors (Lipinski definition) is 1. The van der Waals surface area contributed by atoms with Crippen LogP contribution in [0.1, 0.15) is 10.5 Å². The van der Waals surface area contributed by atoms with Gasteiger partial charge in [0.25, 0.3) is 0 Å². The van der Waals surface area contributed by atoms with Crippen LogP contribution in [0.5, 0.6) is 5.88 Å². The van der Waals surface area contributed by atoms with E-state index in [2.05, 4.69) is 9.84 Å². The number of methoxy groups -OCH3 is 2. The molecule has 6 nitrogen and oxygen atoms in total. The number of aromatic nitrogens is 2. The molecule has 0 aliphatic carbocycles. The fourth-order valence-corrected chi connectivity index (χ4v) is 1.01. The number of nitrogens with two attached hydrogens (primary N) is 1. The van der Waals surface area contributed by atoms with Crippen LogP contribution in [0.4, 0.5) is 5.69 Å². The Morgan fingerprint density at radius 2 is 2.15 bits per heavy atom. The summed E-state index contributed by atoms with van der Waals surface area (Å²) in [4.78, 5) is 11.1. The predicted molar refractivity (Wildman–Crippen MR) is 45.5 cm³/mol. The summed E-state index contributed by atoms with van der Waals surface area (Å²) in [5.41, 5.74) is 5.84. The maximum atomic E-state index is 11.1. The molecule has 0 radical (unpaired) electrons. The number of rotatable bonds is 2. The van der Waals surface area contributed by atoms with E-state index in [4.69, 9.17) is 10.5 Å². The second kappa shape index (κ2) is 3.34. The van der Waals surface area contributed by atoms with Gasteiger partial charge in [-0.25, -0.2) is 9.48 Å².